The zero-order valence-corrected chi connectivity index (χ0v) is 9.05. The van der Waals surface area contributed by atoms with E-state index in [9.17, 15) is 4.79 Å². The number of rotatable bonds is 4. The lowest BCUT2D eigenvalue weighted by molar-refractivity contribution is -0.124. The van der Waals surface area contributed by atoms with Crippen molar-refractivity contribution in [3.63, 3.8) is 0 Å². The summed E-state index contributed by atoms with van der Waals surface area (Å²) in [7, 11) is 0. The van der Waals surface area contributed by atoms with Gasteiger partial charge >= 0.3 is 0 Å². The normalized spacial score (nSPS) is 28.4. The molecule has 3 atom stereocenters. The van der Waals surface area contributed by atoms with Crippen molar-refractivity contribution in [1.82, 2.24) is 10.6 Å². The molecule has 1 fully saturated rings. The van der Waals surface area contributed by atoms with Crippen molar-refractivity contribution < 1.29 is 4.79 Å². The van der Waals surface area contributed by atoms with E-state index in [0.29, 0.717) is 5.92 Å². The Labute approximate surface area is 86.0 Å². The van der Waals surface area contributed by atoms with Crippen LogP contribution in [0.15, 0.2) is 12.7 Å². The van der Waals surface area contributed by atoms with Gasteiger partial charge in [0.2, 0.25) is 5.91 Å². The first-order chi connectivity index (χ1) is 6.65. The van der Waals surface area contributed by atoms with Gasteiger partial charge in [0.05, 0.1) is 6.04 Å². The maximum Gasteiger partial charge on any atom is 0.237 e. The molecule has 0 saturated carbocycles. The summed E-state index contributed by atoms with van der Waals surface area (Å²) in [5, 5.41) is 6.20. The largest absolute Gasteiger partial charge is 0.352 e. The van der Waals surface area contributed by atoms with Crippen molar-refractivity contribution in [2.45, 2.75) is 38.8 Å². The Morgan fingerprint density at radius 3 is 3.00 bits per heavy atom. The predicted molar refractivity (Wildman–Crippen MR) is 58.0 cm³/mol. The predicted octanol–water partition coefficient (Wildman–Crippen LogP) is 1.07. The second-order valence-corrected chi connectivity index (χ2v) is 4.13. The van der Waals surface area contributed by atoms with Crippen LogP contribution in [0.4, 0.5) is 0 Å². The van der Waals surface area contributed by atoms with Crippen LogP contribution < -0.4 is 10.6 Å². The maximum atomic E-state index is 11.7. The molecule has 1 rings (SSSR count). The number of hydrogen-bond acceptors (Lipinski definition) is 2. The molecule has 1 amide bonds. The van der Waals surface area contributed by atoms with E-state index >= 15 is 0 Å². The highest BCUT2D eigenvalue weighted by Crippen LogP contribution is 2.14. The molecule has 0 aromatic heterocycles. The quantitative estimate of drug-likeness (QED) is 0.660. The molecule has 1 heterocycles. The highest BCUT2D eigenvalue weighted by atomic mass is 16.2. The van der Waals surface area contributed by atoms with E-state index in [0.717, 1.165) is 19.4 Å². The molecular weight excluding hydrogens is 176 g/mol. The van der Waals surface area contributed by atoms with Crippen LogP contribution in [0.5, 0.6) is 0 Å². The summed E-state index contributed by atoms with van der Waals surface area (Å²) in [5.41, 5.74) is 0. The smallest absolute Gasteiger partial charge is 0.237 e. The lowest BCUT2D eigenvalue weighted by atomic mass is 10.0. The van der Waals surface area contributed by atoms with Crippen LogP contribution in [0, 0.1) is 5.92 Å². The van der Waals surface area contributed by atoms with E-state index in [4.69, 9.17) is 0 Å². The van der Waals surface area contributed by atoms with Crippen molar-refractivity contribution in [3.8, 4) is 0 Å². The fraction of sp³-hybridized carbons (Fsp3) is 0.727. The van der Waals surface area contributed by atoms with Crippen molar-refractivity contribution in [3.05, 3.63) is 12.7 Å². The number of carbonyl (C=O) groups is 1. The van der Waals surface area contributed by atoms with Crippen LogP contribution in [0.3, 0.4) is 0 Å². The molecule has 1 saturated heterocycles. The Morgan fingerprint density at radius 2 is 2.50 bits per heavy atom. The molecule has 0 aromatic carbocycles. The second kappa shape index (κ2) is 5.15. The molecule has 0 aromatic rings. The summed E-state index contributed by atoms with van der Waals surface area (Å²) in [5.74, 6) is 0.579. The van der Waals surface area contributed by atoms with Crippen LogP contribution in [0.25, 0.3) is 0 Å². The Morgan fingerprint density at radius 1 is 1.79 bits per heavy atom. The zero-order chi connectivity index (χ0) is 10.6. The summed E-state index contributed by atoms with van der Waals surface area (Å²) < 4.78 is 0. The van der Waals surface area contributed by atoms with Crippen LogP contribution >= 0.6 is 0 Å². The lowest BCUT2D eigenvalue weighted by Gasteiger charge is -2.18. The summed E-state index contributed by atoms with van der Waals surface area (Å²) in [4.78, 5) is 11.7. The van der Waals surface area contributed by atoms with E-state index in [2.05, 4.69) is 24.1 Å². The van der Waals surface area contributed by atoms with Gasteiger partial charge in [-0.3, -0.25) is 4.79 Å². The monoisotopic (exact) mass is 196 g/mol. The van der Waals surface area contributed by atoms with Crippen LogP contribution in [-0.4, -0.2) is 24.5 Å². The first kappa shape index (κ1) is 11.2. The molecule has 1 aliphatic rings. The third-order valence-electron chi connectivity index (χ3n) is 2.72. The van der Waals surface area contributed by atoms with E-state index < -0.39 is 0 Å². The van der Waals surface area contributed by atoms with Crippen molar-refractivity contribution >= 4 is 5.91 Å². The fourth-order valence-electron chi connectivity index (χ4n) is 1.83. The van der Waals surface area contributed by atoms with E-state index in [1.807, 2.05) is 13.0 Å². The number of nitrogens with one attached hydrogen (secondary N) is 2. The summed E-state index contributed by atoms with van der Waals surface area (Å²) in [6.07, 6.45) is 3.75. The number of hydrogen-bond donors (Lipinski definition) is 2. The minimum atomic E-state index is 0.00210. The maximum absolute atomic E-state index is 11.7. The molecule has 0 spiro atoms. The number of amides is 1. The molecule has 2 N–H and O–H groups in total. The van der Waals surface area contributed by atoms with Crippen molar-refractivity contribution in [1.29, 1.82) is 0 Å². The van der Waals surface area contributed by atoms with Crippen molar-refractivity contribution in [2.75, 3.05) is 6.54 Å². The third-order valence-corrected chi connectivity index (χ3v) is 2.72. The molecular formula is C11H20N2O. The van der Waals surface area contributed by atoms with Gasteiger partial charge in [-0.1, -0.05) is 13.0 Å². The van der Waals surface area contributed by atoms with Gasteiger partial charge in [0, 0.05) is 6.04 Å². The zero-order valence-electron chi connectivity index (χ0n) is 9.05. The van der Waals surface area contributed by atoms with Gasteiger partial charge in [-0.05, 0) is 32.2 Å². The fourth-order valence-corrected chi connectivity index (χ4v) is 1.83. The van der Waals surface area contributed by atoms with Crippen molar-refractivity contribution in [2.24, 2.45) is 5.92 Å². The molecule has 3 heteroatoms. The molecule has 1 aliphatic heterocycles. The van der Waals surface area contributed by atoms with Gasteiger partial charge in [0.25, 0.3) is 0 Å². The van der Waals surface area contributed by atoms with Gasteiger partial charge in [-0.25, -0.2) is 0 Å². The topological polar surface area (TPSA) is 41.1 Å². The Kier molecular flexibility index (Phi) is 4.14. The van der Waals surface area contributed by atoms with E-state index in [1.54, 1.807) is 0 Å². The van der Waals surface area contributed by atoms with Crippen LogP contribution in [-0.2, 0) is 4.79 Å². The third kappa shape index (κ3) is 2.84. The highest BCUT2D eigenvalue weighted by Gasteiger charge is 2.29. The first-order valence-corrected chi connectivity index (χ1v) is 5.29. The SMILES string of the molecule is C=CCC(C)NC(=O)C1NCCC1C. The molecule has 0 aliphatic carbocycles. The Bertz CT molecular complexity index is 215. The number of carbonyl (C=O) groups excluding carboxylic acids is 1. The molecule has 3 unspecified atom stereocenters. The van der Waals surface area contributed by atoms with Gasteiger partial charge in [0.1, 0.15) is 0 Å². The molecule has 14 heavy (non-hydrogen) atoms. The first-order valence-electron chi connectivity index (χ1n) is 5.29. The molecule has 80 valence electrons. The van der Waals surface area contributed by atoms with Gasteiger partial charge in [-0.15, -0.1) is 6.58 Å². The molecule has 0 bridgehead atoms. The van der Waals surface area contributed by atoms with Crippen LogP contribution in [0.1, 0.15) is 26.7 Å². The van der Waals surface area contributed by atoms with Crippen LogP contribution in [0.2, 0.25) is 0 Å². The molecule has 0 radical (unpaired) electrons. The highest BCUT2D eigenvalue weighted by molar-refractivity contribution is 5.82. The van der Waals surface area contributed by atoms with E-state index in [1.165, 1.54) is 0 Å². The average molecular weight is 196 g/mol. The van der Waals surface area contributed by atoms with Gasteiger partial charge < -0.3 is 10.6 Å². The lowest BCUT2D eigenvalue weighted by Crippen LogP contribution is -2.46. The summed E-state index contributed by atoms with van der Waals surface area (Å²) in [6.45, 7) is 8.72. The minimum Gasteiger partial charge on any atom is -0.352 e. The Hall–Kier alpha value is -0.830. The van der Waals surface area contributed by atoms with E-state index in [-0.39, 0.29) is 18.0 Å². The Balaban J connectivity index is 2.37. The summed E-state index contributed by atoms with van der Waals surface area (Å²) in [6, 6.07) is 0.192. The average Bonchev–Trinajstić information content (AvgIpc) is 2.51. The standard InChI is InChI=1S/C11H20N2O/c1-4-5-9(3)13-11(14)10-8(2)6-7-12-10/h4,8-10,12H,1,5-7H2,2-3H3,(H,13,14). The minimum absolute atomic E-state index is 0.00210. The molecule has 3 nitrogen and oxygen atoms in total. The second-order valence-electron chi connectivity index (χ2n) is 4.13. The van der Waals surface area contributed by atoms with Gasteiger partial charge in [0.15, 0.2) is 0 Å². The summed E-state index contributed by atoms with van der Waals surface area (Å²) >= 11 is 0. The van der Waals surface area contributed by atoms with Gasteiger partial charge in [-0.2, -0.15) is 0 Å².